The van der Waals surface area contributed by atoms with Crippen LogP contribution in [-0.4, -0.2) is 50.3 Å². The number of ether oxygens (including phenoxy) is 1. The number of hydrogen-bond acceptors (Lipinski definition) is 3. The van der Waals surface area contributed by atoms with Crippen molar-refractivity contribution in [1.82, 2.24) is 10.2 Å². The van der Waals surface area contributed by atoms with E-state index in [1.165, 1.54) is 45.3 Å². The summed E-state index contributed by atoms with van der Waals surface area (Å²) in [6, 6.07) is 0. The maximum absolute atomic E-state index is 5.92. The van der Waals surface area contributed by atoms with Gasteiger partial charge in [0.05, 0.1) is 12.7 Å². The van der Waals surface area contributed by atoms with Crippen molar-refractivity contribution in [3.63, 3.8) is 0 Å². The van der Waals surface area contributed by atoms with Gasteiger partial charge < -0.3 is 10.1 Å². The van der Waals surface area contributed by atoms with E-state index in [9.17, 15) is 0 Å². The number of nitrogens with one attached hydrogen (secondary N) is 1. The molecule has 3 nitrogen and oxygen atoms in total. The zero-order chi connectivity index (χ0) is 11.2. The van der Waals surface area contributed by atoms with Crippen LogP contribution in [0, 0.1) is 5.92 Å². The van der Waals surface area contributed by atoms with E-state index >= 15 is 0 Å². The zero-order valence-electron chi connectivity index (χ0n) is 10.6. The third-order valence-corrected chi connectivity index (χ3v) is 3.73. The number of nitrogens with zero attached hydrogens (tertiary/aromatic N) is 1. The Kier molecular flexibility index (Phi) is 5.07. The highest BCUT2D eigenvalue weighted by Crippen LogP contribution is 2.20. The van der Waals surface area contributed by atoms with Crippen LogP contribution in [0.25, 0.3) is 0 Å². The highest BCUT2D eigenvalue weighted by atomic mass is 16.5. The van der Waals surface area contributed by atoms with Crippen LogP contribution in [0.1, 0.15) is 32.6 Å². The molecular formula is C13H26N2O. The summed E-state index contributed by atoms with van der Waals surface area (Å²) in [7, 11) is 0. The highest BCUT2D eigenvalue weighted by molar-refractivity contribution is 4.71. The van der Waals surface area contributed by atoms with Gasteiger partial charge >= 0.3 is 0 Å². The van der Waals surface area contributed by atoms with Gasteiger partial charge in [0.15, 0.2) is 0 Å². The standard InChI is InChI=1S/C13H26N2O/c1-12-10-14-6-7-15(11-12)8-9-16-13-4-2-3-5-13/h12-14H,2-11H2,1H3. The van der Waals surface area contributed by atoms with Crippen LogP contribution < -0.4 is 5.32 Å². The van der Waals surface area contributed by atoms with E-state index in [1.54, 1.807) is 0 Å². The van der Waals surface area contributed by atoms with Gasteiger partial charge in [0.25, 0.3) is 0 Å². The quantitative estimate of drug-likeness (QED) is 0.786. The van der Waals surface area contributed by atoms with E-state index < -0.39 is 0 Å². The Hall–Kier alpha value is -0.120. The molecule has 1 aliphatic heterocycles. The lowest BCUT2D eigenvalue weighted by molar-refractivity contribution is 0.0414. The lowest BCUT2D eigenvalue weighted by Crippen LogP contribution is -2.33. The average molecular weight is 226 g/mol. The van der Waals surface area contributed by atoms with Gasteiger partial charge in [-0.15, -0.1) is 0 Å². The van der Waals surface area contributed by atoms with E-state index in [4.69, 9.17) is 4.74 Å². The largest absolute Gasteiger partial charge is 0.377 e. The zero-order valence-corrected chi connectivity index (χ0v) is 10.6. The monoisotopic (exact) mass is 226 g/mol. The molecule has 0 aromatic rings. The Morgan fingerprint density at radius 2 is 2.12 bits per heavy atom. The summed E-state index contributed by atoms with van der Waals surface area (Å²) in [5, 5.41) is 3.48. The first-order valence-electron chi connectivity index (χ1n) is 6.89. The summed E-state index contributed by atoms with van der Waals surface area (Å²) in [6.45, 7) is 9.07. The Morgan fingerprint density at radius 3 is 2.94 bits per heavy atom. The van der Waals surface area contributed by atoms with Crippen LogP contribution in [0.15, 0.2) is 0 Å². The third kappa shape index (κ3) is 4.04. The Balaban J connectivity index is 1.60. The molecule has 0 spiro atoms. The summed E-state index contributed by atoms with van der Waals surface area (Å²) in [5.74, 6) is 0.772. The van der Waals surface area contributed by atoms with Crippen molar-refractivity contribution in [3.05, 3.63) is 0 Å². The van der Waals surface area contributed by atoms with Gasteiger partial charge in [0, 0.05) is 26.2 Å². The lowest BCUT2D eigenvalue weighted by atomic mass is 10.2. The fraction of sp³-hybridized carbons (Fsp3) is 1.00. The SMILES string of the molecule is CC1CNCCN(CCOC2CCCC2)C1. The molecule has 1 atom stereocenters. The van der Waals surface area contributed by atoms with Gasteiger partial charge in [-0.3, -0.25) is 4.90 Å². The Bertz CT molecular complexity index is 192. The molecule has 1 saturated carbocycles. The van der Waals surface area contributed by atoms with Gasteiger partial charge in [-0.1, -0.05) is 19.8 Å². The molecule has 2 aliphatic rings. The summed E-state index contributed by atoms with van der Waals surface area (Å²) in [6.07, 6.45) is 5.89. The molecule has 16 heavy (non-hydrogen) atoms. The summed E-state index contributed by atoms with van der Waals surface area (Å²) in [4.78, 5) is 2.54. The van der Waals surface area contributed by atoms with Crippen LogP contribution >= 0.6 is 0 Å². The van der Waals surface area contributed by atoms with Gasteiger partial charge in [-0.05, 0) is 25.3 Å². The van der Waals surface area contributed by atoms with Crippen molar-refractivity contribution in [2.24, 2.45) is 5.92 Å². The second kappa shape index (κ2) is 6.58. The molecule has 0 aromatic heterocycles. The fourth-order valence-electron chi connectivity index (χ4n) is 2.79. The summed E-state index contributed by atoms with van der Waals surface area (Å²) < 4.78 is 5.92. The summed E-state index contributed by atoms with van der Waals surface area (Å²) in [5.41, 5.74) is 0. The Labute approximate surface area is 99.5 Å². The van der Waals surface area contributed by atoms with Crippen molar-refractivity contribution < 1.29 is 4.74 Å². The normalized spacial score (nSPS) is 29.4. The predicted octanol–water partition coefficient (Wildman–Crippen LogP) is 1.49. The summed E-state index contributed by atoms with van der Waals surface area (Å²) >= 11 is 0. The molecule has 1 N–H and O–H groups in total. The molecule has 1 heterocycles. The molecule has 0 amide bonds. The molecule has 2 rings (SSSR count). The molecular weight excluding hydrogens is 200 g/mol. The fourth-order valence-corrected chi connectivity index (χ4v) is 2.79. The predicted molar refractivity (Wildman–Crippen MR) is 66.7 cm³/mol. The second-order valence-corrected chi connectivity index (χ2v) is 5.39. The van der Waals surface area contributed by atoms with E-state index in [0.29, 0.717) is 6.10 Å². The molecule has 3 heteroatoms. The molecule has 94 valence electrons. The van der Waals surface area contributed by atoms with Gasteiger partial charge in [0.1, 0.15) is 0 Å². The van der Waals surface area contributed by atoms with Gasteiger partial charge in [-0.2, -0.15) is 0 Å². The van der Waals surface area contributed by atoms with Crippen LogP contribution in [-0.2, 0) is 4.74 Å². The smallest absolute Gasteiger partial charge is 0.0597 e. The van der Waals surface area contributed by atoms with E-state index in [2.05, 4.69) is 17.1 Å². The lowest BCUT2D eigenvalue weighted by Gasteiger charge is -2.22. The van der Waals surface area contributed by atoms with E-state index in [0.717, 1.165) is 25.6 Å². The maximum Gasteiger partial charge on any atom is 0.0597 e. The molecule has 1 unspecified atom stereocenters. The second-order valence-electron chi connectivity index (χ2n) is 5.39. The molecule has 0 radical (unpaired) electrons. The minimum atomic E-state index is 0.572. The average Bonchev–Trinajstić information content (AvgIpc) is 2.69. The molecule has 1 saturated heterocycles. The first-order chi connectivity index (χ1) is 7.84. The number of hydrogen-bond donors (Lipinski definition) is 1. The highest BCUT2D eigenvalue weighted by Gasteiger charge is 2.17. The Morgan fingerprint density at radius 1 is 1.31 bits per heavy atom. The molecule has 0 bridgehead atoms. The topological polar surface area (TPSA) is 24.5 Å². The molecule has 2 fully saturated rings. The van der Waals surface area contributed by atoms with Crippen molar-refractivity contribution >= 4 is 0 Å². The van der Waals surface area contributed by atoms with Crippen molar-refractivity contribution in [2.45, 2.75) is 38.7 Å². The molecule has 1 aliphatic carbocycles. The maximum atomic E-state index is 5.92. The minimum Gasteiger partial charge on any atom is -0.377 e. The van der Waals surface area contributed by atoms with Gasteiger partial charge in [-0.25, -0.2) is 0 Å². The first-order valence-corrected chi connectivity index (χ1v) is 6.89. The van der Waals surface area contributed by atoms with Gasteiger partial charge in [0.2, 0.25) is 0 Å². The van der Waals surface area contributed by atoms with Crippen molar-refractivity contribution in [1.29, 1.82) is 0 Å². The van der Waals surface area contributed by atoms with E-state index in [-0.39, 0.29) is 0 Å². The van der Waals surface area contributed by atoms with Crippen LogP contribution in [0.5, 0.6) is 0 Å². The van der Waals surface area contributed by atoms with Crippen LogP contribution in [0.4, 0.5) is 0 Å². The van der Waals surface area contributed by atoms with Crippen molar-refractivity contribution in [2.75, 3.05) is 39.3 Å². The third-order valence-electron chi connectivity index (χ3n) is 3.73. The van der Waals surface area contributed by atoms with Crippen LogP contribution in [0.2, 0.25) is 0 Å². The first kappa shape index (κ1) is 12.3. The van der Waals surface area contributed by atoms with E-state index in [1.807, 2.05) is 0 Å². The molecule has 0 aromatic carbocycles. The minimum absolute atomic E-state index is 0.572. The number of rotatable bonds is 4. The van der Waals surface area contributed by atoms with Crippen molar-refractivity contribution in [3.8, 4) is 0 Å². The van der Waals surface area contributed by atoms with Crippen LogP contribution in [0.3, 0.4) is 0 Å².